The lowest BCUT2D eigenvalue weighted by molar-refractivity contribution is -0.120. The second-order valence-corrected chi connectivity index (χ2v) is 8.21. The Hall–Kier alpha value is -4.19. The zero-order chi connectivity index (χ0) is 23.7. The van der Waals surface area contributed by atoms with Crippen molar-refractivity contribution in [3.8, 4) is 0 Å². The summed E-state index contributed by atoms with van der Waals surface area (Å²) in [6.45, 7) is 7.41. The van der Waals surface area contributed by atoms with Crippen molar-refractivity contribution in [1.82, 2.24) is 0 Å². The van der Waals surface area contributed by atoms with Gasteiger partial charge in [0.25, 0.3) is 11.8 Å². The maximum atomic E-state index is 13.5. The Morgan fingerprint density at radius 2 is 1.39 bits per heavy atom. The molecule has 2 N–H and O–H groups in total. The number of benzene rings is 3. The SMILES string of the molecule is CC(=O)Nc1ccc(N2C(=O)C(Nc3ccc(C)c(C)c3)=C(c3ccc(C)cc3)C2=O)cc1. The molecule has 33 heavy (non-hydrogen) atoms. The molecule has 0 unspecified atom stereocenters. The van der Waals surface area contributed by atoms with Crippen molar-refractivity contribution in [1.29, 1.82) is 0 Å². The third-order valence-electron chi connectivity index (χ3n) is 5.65. The number of hydrogen-bond donors (Lipinski definition) is 2. The molecule has 1 heterocycles. The molecule has 0 aliphatic carbocycles. The molecule has 6 nitrogen and oxygen atoms in total. The Balaban J connectivity index is 1.76. The molecule has 0 aromatic heterocycles. The van der Waals surface area contributed by atoms with E-state index in [-0.39, 0.29) is 11.6 Å². The minimum absolute atomic E-state index is 0.195. The molecule has 6 heteroatoms. The van der Waals surface area contributed by atoms with Crippen LogP contribution in [0.5, 0.6) is 0 Å². The molecule has 166 valence electrons. The summed E-state index contributed by atoms with van der Waals surface area (Å²) < 4.78 is 0. The molecule has 0 bridgehead atoms. The maximum absolute atomic E-state index is 13.5. The van der Waals surface area contributed by atoms with Crippen molar-refractivity contribution in [3.63, 3.8) is 0 Å². The number of nitrogens with one attached hydrogen (secondary N) is 2. The van der Waals surface area contributed by atoms with Crippen molar-refractivity contribution in [3.05, 3.63) is 94.7 Å². The summed E-state index contributed by atoms with van der Waals surface area (Å²) in [4.78, 5) is 39.5. The molecule has 0 saturated carbocycles. The number of amides is 3. The van der Waals surface area contributed by atoms with Gasteiger partial charge in [-0.25, -0.2) is 4.90 Å². The molecule has 1 aliphatic rings. The average Bonchev–Trinajstić information content (AvgIpc) is 3.01. The largest absolute Gasteiger partial charge is 0.350 e. The molecule has 0 spiro atoms. The van der Waals surface area contributed by atoms with Crippen LogP contribution in [0.2, 0.25) is 0 Å². The highest BCUT2D eigenvalue weighted by Crippen LogP contribution is 2.34. The number of nitrogens with zero attached hydrogens (tertiary/aromatic N) is 1. The minimum Gasteiger partial charge on any atom is -0.350 e. The number of carbonyl (C=O) groups is 3. The van der Waals surface area contributed by atoms with Gasteiger partial charge in [0.05, 0.1) is 11.3 Å². The third-order valence-corrected chi connectivity index (χ3v) is 5.65. The summed E-state index contributed by atoms with van der Waals surface area (Å²) in [5.74, 6) is -1.03. The normalized spacial score (nSPS) is 13.5. The number of aryl methyl sites for hydroxylation is 3. The Labute approximate surface area is 192 Å². The molecule has 0 atom stereocenters. The first kappa shape index (κ1) is 22.0. The first-order valence-electron chi connectivity index (χ1n) is 10.7. The monoisotopic (exact) mass is 439 g/mol. The van der Waals surface area contributed by atoms with Gasteiger partial charge in [-0.15, -0.1) is 0 Å². The van der Waals surface area contributed by atoms with E-state index in [1.54, 1.807) is 24.3 Å². The Morgan fingerprint density at radius 1 is 0.758 bits per heavy atom. The summed E-state index contributed by atoms with van der Waals surface area (Å²) in [7, 11) is 0. The maximum Gasteiger partial charge on any atom is 0.282 e. The Morgan fingerprint density at radius 3 is 2.00 bits per heavy atom. The van der Waals surface area contributed by atoms with Gasteiger partial charge < -0.3 is 10.6 Å². The summed E-state index contributed by atoms with van der Waals surface area (Å²) in [6.07, 6.45) is 0. The molecule has 1 aliphatic heterocycles. The van der Waals surface area contributed by atoms with E-state index in [0.29, 0.717) is 22.5 Å². The zero-order valence-corrected chi connectivity index (χ0v) is 19.0. The summed E-state index contributed by atoms with van der Waals surface area (Å²) >= 11 is 0. The summed E-state index contributed by atoms with van der Waals surface area (Å²) in [5, 5.41) is 5.89. The van der Waals surface area contributed by atoms with Crippen LogP contribution < -0.4 is 15.5 Å². The molecule has 3 amide bonds. The summed E-state index contributed by atoms with van der Waals surface area (Å²) in [5.41, 5.74) is 6.27. The lowest BCUT2D eigenvalue weighted by Crippen LogP contribution is -2.32. The van der Waals surface area contributed by atoms with Crippen LogP contribution in [0, 0.1) is 20.8 Å². The van der Waals surface area contributed by atoms with E-state index in [4.69, 9.17) is 0 Å². The van der Waals surface area contributed by atoms with E-state index in [9.17, 15) is 14.4 Å². The number of imide groups is 1. The lowest BCUT2D eigenvalue weighted by Gasteiger charge is -2.16. The number of carbonyl (C=O) groups excluding carboxylic acids is 3. The first-order valence-corrected chi connectivity index (χ1v) is 10.7. The van der Waals surface area contributed by atoms with Crippen LogP contribution in [-0.2, 0) is 14.4 Å². The fourth-order valence-corrected chi connectivity index (χ4v) is 3.73. The third kappa shape index (κ3) is 4.41. The van der Waals surface area contributed by atoms with E-state index in [1.807, 2.05) is 63.2 Å². The standard InChI is InChI=1S/C27H25N3O3/c1-16-5-8-20(9-6-16)24-25(29-22-10-7-17(2)18(3)15-22)27(33)30(26(24)32)23-13-11-21(12-14-23)28-19(4)31/h5-15,29H,1-4H3,(H,28,31). The molecule has 0 fully saturated rings. The molecular formula is C27H25N3O3. The topological polar surface area (TPSA) is 78.5 Å². The second kappa shape index (κ2) is 8.74. The molecular weight excluding hydrogens is 414 g/mol. The minimum atomic E-state index is -0.430. The van der Waals surface area contributed by atoms with Crippen LogP contribution in [0.3, 0.4) is 0 Å². The lowest BCUT2D eigenvalue weighted by atomic mass is 10.0. The Bertz CT molecular complexity index is 1290. The molecule has 3 aromatic rings. The van der Waals surface area contributed by atoms with Crippen LogP contribution in [0.25, 0.3) is 5.57 Å². The number of rotatable bonds is 5. The van der Waals surface area contributed by atoms with Gasteiger partial charge >= 0.3 is 0 Å². The molecule has 0 saturated heterocycles. The second-order valence-electron chi connectivity index (χ2n) is 8.21. The van der Waals surface area contributed by atoms with Gasteiger partial charge in [-0.1, -0.05) is 35.9 Å². The summed E-state index contributed by atoms with van der Waals surface area (Å²) in [6, 6.07) is 20.0. The van der Waals surface area contributed by atoms with Crippen LogP contribution >= 0.6 is 0 Å². The van der Waals surface area contributed by atoms with Crippen molar-refractivity contribution in [2.24, 2.45) is 0 Å². The van der Waals surface area contributed by atoms with Crippen LogP contribution in [0.4, 0.5) is 17.1 Å². The van der Waals surface area contributed by atoms with Gasteiger partial charge in [-0.05, 0) is 73.9 Å². The fourth-order valence-electron chi connectivity index (χ4n) is 3.73. The number of anilines is 3. The van der Waals surface area contributed by atoms with Gasteiger partial charge in [-0.3, -0.25) is 14.4 Å². The van der Waals surface area contributed by atoms with Gasteiger partial charge in [0.2, 0.25) is 5.91 Å². The van der Waals surface area contributed by atoms with Crippen molar-refractivity contribution in [2.45, 2.75) is 27.7 Å². The fraction of sp³-hybridized carbons (Fsp3) is 0.148. The van der Waals surface area contributed by atoms with Gasteiger partial charge in [-0.2, -0.15) is 0 Å². The zero-order valence-electron chi connectivity index (χ0n) is 19.0. The highest BCUT2D eigenvalue weighted by atomic mass is 16.2. The Kier molecular flexibility index (Phi) is 5.84. The van der Waals surface area contributed by atoms with Gasteiger partial charge in [0, 0.05) is 18.3 Å². The van der Waals surface area contributed by atoms with E-state index in [0.717, 1.165) is 27.3 Å². The predicted molar refractivity (Wildman–Crippen MR) is 131 cm³/mol. The molecule has 3 aromatic carbocycles. The predicted octanol–water partition coefficient (Wildman–Crippen LogP) is 4.97. The highest BCUT2D eigenvalue weighted by Gasteiger charge is 2.40. The van der Waals surface area contributed by atoms with E-state index in [2.05, 4.69) is 10.6 Å². The van der Waals surface area contributed by atoms with Crippen molar-refractivity contribution in [2.75, 3.05) is 15.5 Å². The smallest absolute Gasteiger partial charge is 0.282 e. The van der Waals surface area contributed by atoms with E-state index in [1.165, 1.54) is 6.92 Å². The van der Waals surface area contributed by atoms with Crippen molar-refractivity contribution < 1.29 is 14.4 Å². The average molecular weight is 440 g/mol. The van der Waals surface area contributed by atoms with Crippen LogP contribution in [0.1, 0.15) is 29.2 Å². The highest BCUT2D eigenvalue weighted by molar-refractivity contribution is 6.46. The van der Waals surface area contributed by atoms with Gasteiger partial charge in [0.15, 0.2) is 0 Å². The van der Waals surface area contributed by atoms with E-state index < -0.39 is 11.8 Å². The molecule has 4 rings (SSSR count). The van der Waals surface area contributed by atoms with E-state index >= 15 is 0 Å². The van der Waals surface area contributed by atoms with Gasteiger partial charge in [0.1, 0.15) is 5.70 Å². The quantitative estimate of drug-likeness (QED) is 0.551. The number of hydrogen-bond acceptors (Lipinski definition) is 4. The molecule has 0 radical (unpaired) electrons. The van der Waals surface area contributed by atoms with Crippen LogP contribution in [0.15, 0.2) is 72.4 Å². The first-order chi connectivity index (χ1) is 15.7. The van der Waals surface area contributed by atoms with Crippen molar-refractivity contribution >= 4 is 40.4 Å². The van der Waals surface area contributed by atoms with Crippen LogP contribution in [-0.4, -0.2) is 17.7 Å².